The lowest BCUT2D eigenvalue weighted by molar-refractivity contribution is 0.119. The Labute approximate surface area is 85.5 Å². The van der Waals surface area contributed by atoms with Crippen LogP contribution in [-0.4, -0.2) is 30.8 Å². The molecule has 1 aliphatic heterocycles. The van der Waals surface area contributed by atoms with Gasteiger partial charge in [-0.25, -0.2) is 0 Å². The Morgan fingerprint density at radius 2 is 2.14 bits per heavy atom. The zero-order chi connectivity index (χ0) is 9.80. The largest absolute Gasteiger partial charge is 0.365 e. The maximum absolute atomic E-state index is 5.34. The molecule has 0 saturated carbocycles. The van der Waals surface area contributed by atoms with Crippen molar-refractivity contribution in [1.82, 2.24) is 4.90 Å². The van der Waals surface area contributed by atoms with Gasteiger partial charge in [0.2, 0.25) is 0 Å². The molecule has 1 saturated heterocycles. The first-order chi connectivity index (χ1) is 6.86. The fourth-order valence-corrected chi connectivity index (χ4v) is 1.86. The summed E-state index contributed by atoms with van der Waals surface area (Å²) in [5, 5.41) is 0. The number of rotatable bonds is 3. The molecule has 14 heavy (non-hydrogen) atoms. The maximum Gasteiger partial charge on any atom is 0.0994 e. The predicted molar refractivity (Wildman–Crippen MR) is 57.1 cm³/mol. The van der Waals surface area contributed by atoms with Crippen molar-refractivity contribution in [3.8, 4) is 0 Å². The van der Waals surface area contributed by atoms with E-state index >= 15 is 0 Å². The second-order valence-electron chi connectivity index (χ2n) is 3.89. The minimum atomic E-state index is 0.583. The molecule has 2 heteroatoms. The Bertz CT molecular complexity index is 267. The Balaban J connectivity index is 1.90. The summed E-state index contributed by atoms with van der Waals surface area (Å²) in [7, 11) is 0. The van der Waals surface area contributed by atoms with Gasteiger partial charge in [0.1, 0.15) is 0 Å². The Kier molecular flexibility index (Phi) is 3.17. The third kappa shape index (κ3) is 2.34. The molecular formula is C12H17NO. The van der Waals surface area contributed by atoms with Gasteiger partial charge in [-0.05, 0) is 18.9 Å². The number of benzene rings is 1. The van der Waals surface area contributed by atoms with Crippen LogP contribution in [0.1, 0.15) is 12.5 Å². The van der Waals surface area contributed by atoms with E-state index in [4.69, 9.17) is 4.74 Å². The topological polar surface area (TPSA) is 12.5 Å². The quantitative estimate of drug-likeness (QED) is 0.723. The van der Waals surface area contributed by atoms with Crippen LogP contribution in [0, 0.1) is 0 Å². The molecule has 2 nitrogen and oxygen atoms in total. The highest BCUT2D eigenvalue weighted by Gasteiger charge is 2.18. The molecule has 0 radical (unpaired) electrons. The van der Waals surface area contributed by atoms with Crippen molar-refractivity contribution in [1.29, 1.82) is 0 Å². The zero-order valence-corrected chi connectivity index (χ0v) is 8.65. The SMILES string of the molecule is CC(Cc1ccccc1)N1CCOC1. The lowest BCUT2D eigenvalue weighted by Gasteiger charge is -2.21. The fourth-order valence-electron chi connectivity index (χ4n) is 1.86. The summed E-state index contributed by atoms with van der Waals surface area (Å²) >= 11 is 0. The van der Waals surface area contributed by atoms with Gasteiger partial charge in [-0.2, -0.15) is 0 Å². The number of ether oxygens (including phenoxy) is 1. The van der Waals surface area contributed by atoms with Crippen LogP contribution in [-0.2, 0) is 11.2 Å². The minimum Gasteiger partial charge on any atom is -0.365 e. The Hall–Kier alpha value is -0.860. The fraction of sp³-hybridized carbons (Fsp3) is 0.500. The molecule has 1 aromatic carbocycles. The molecule has 0 amide bonds. The van der Waals surface area contributed by atoms with Crippen molar-refractivity contribution in [2.24, 2.45) is 0 Å². The van der Waals surface area contributed by atoms with Crippen molar-refractivity contribution in [2.75, 3.05) is 19.9 Å². The van der Waals surface area contributed by atoms with Crippen molar-refractivity contribution < 1.29 is 4.74 Å². The molecule has 2 rings (SSSR count). The van der Waals surface area contributed by atoms with Gasteiger partial charge < -0.3 is 4.74 Å². The van der Waals surface area contributed by atoms with E-state index in [2.05, 4.69) is 42.2 Å². The molecule has 1 heterocycles. The second-order valence-corrected chi connectivity index (χ2v) is 3.89. The summed E-state index contributed by atoms with van der Waals surface area (Å²) in [6.07, 6.45) is 1.12. The highest BCUT2D eigenvalue weighted by Crippen LogP contribution is 2.11. The van der Waals surface area contributed by atoms with E-state index in [1.165, 1.54) is 5.56 Å². The van der Waals surface area contributed by atoms with Crippen LogP contribution < -0.4 is 0 Å². The number of hydrogen-bond acceptors (Lipinski definition) is 2. The number of hydrogen-bond donors (Lipinski definition) is 0. The van der Waals surface area contributed by atoms with Gasteiger partial charge in [0.15, 0.2) is 0 Å². The van der Waals surface area contributed by atoms with Gasteiger partial charge in [0.05, 0.1) is 13.3 Å². The van der Waals surface area contributed by atoms with E-state index in [0.29, 0.717) is 6.04 Å². The molecule has 0 aliphatic carbocycles. The van der Waals surface area contributed by atoms with E-state index in [0.717, 1.165) is 26.3 Å². The van der Waals surface area contributed by atoms with E-state index in [-0.39, 0.29) is 0 Å². The van der Waals surface area contributed by atoms with Crippen LogP contribution in [0.25, 0.3) is 0 Å². The van der Waals surface area contributed by atoms with Crippen molar-refractivity contribution in [2.45, 2.75) is 19.4 Å². The average Bonchev–Trinajstić information content (AvgIpc) is 2.72. The van der Waals surface area contributed by atoms with Crippen LogP contribution in [0.4, 0.5) is 0 Å². The number of nitrogens with zero attached hydrogens (tertiary/aromatic N) is 1. The summed E-state index contributed by atoms with van der Waals surface area (Å²) < 4.78 is 5.34. The first-order valence-corrected chi connectivity index (χ1v) is 5.22. The highest BCUT2D eigenvalue weighted by molar-refractivity contribution is 5.15. The third-order valence-corrected chi connectivity index (χ3v) is 2.78. The van der Waals surface area contributed by atoms with E-state index < -0.39 is 0 Å². The molecule has 0 aromatic heterocycles. The third-order valence-electron chi connectivity index (χ3n) is 2.78. The normalized spacial score (nSPS) is 19.8. The van der Waals surface area contributed by atoms with Crippen LogP contribution in [0.3, 0.4) is 0 Å². The molecule has 1 aromatic rings. The maximum atomic E-state index is 5.34. The molecule has 0 bridgehead atoms. The van der Waals surface area contributed by atoms with Gasteiger partial charge in [-0.15, -0.1) is 0 Å². The van der Waals surface area contributed by atoms with Gasteiger partial charge >= 0.3 is 0 Å². The molecule has 0 N–H and O–H groups in total. The molecule has 1 fully saturated rings. The summed E-state index contributed by atoms with van der Waals surface area (Å²) in [4.78, 5) is 2.38. The van der Waals surface area contributed by atoms with Gasteiger partial charge in [-0.1, -0.05) is 30.3 Å². The predicted octanol–water partition coefficient (Wildman–Crippen LogP) is 1.91. The summed E-state index contributed by atoms with van der Waals surface area (Å²) in [6.45, 7) is 5.03. The zero-order valence-electron chi connectivity index (χ0n) is 8.65. The average molecular weight is 191 g/mol. The van der Waals surface area contributed by atoms with Crippen molar-refractivity contribution in [3.63, 3.8) is 0 Å². The summed E-state index contributed by atoms with van der Waals surface area (Å²) in [5.74, 6) is 0. The standard InChI is InChI=1S/C12H17NO/c1-11(13-7-8-14-10-13)9-12-5-3-2-4-6-12/h2-6,11H,7-10H2,1H3. The monoisotopic (exact) mass is 191 g/mol. The van der Waals surface area contributed by atoms with Gasteiger partial charge in [0.25, 0.3) is 0 Å². The smallest absolute Gasteiger partial charge is 0.0994 e. The van der Waals surface area contributed by atoms with E-state index in [1.807, 2.05) is 0 Å². The van der Waals surface area contributed by atoms with Gasteiger partial charge in [-0.3, -0.25) is 4.90 Å². The van der Waals surface area contributed by atoms with Crippen LogP contribution in [0.15, 0.2) is 30.3 Å². The lowest BCUT2D eigenvalue weighted by Crippen LogP contribution is -2.32. The minimum absolute atomic E-state index is 0.583. The first kappa shape index (κ1) is 9.69. The highest BCUT2D eigenvalue weighted by atomic mass is 16.5. The summed E-state index contributed by atoms with van der Waals surface area (Å²) in [5.41, 5.74) is 1.41. The van der Waals surface area contributed by atoms with Crippen LogP contribution >= 0.6 is 0 Å². The lowest BCUT2D eigenvalue weighted by atomic mass is 10.1. The molecule has 1 aliphatic rings. The molecule has 0 spiro atoms. The Morgan fingerprint density at radius 1 is 1.36 bits per heavy atom. The van der Waals surface area contributed by atoms with Crippen LogP contribution in [0.5, 0.6) is 0 Å². The molecule has 76 valence electrons. The van der Waals surface area contributed by atoms with Crippen molar-refractivity contribution >= 4 is 0 Å². The second kappa shape index (κ2) is 4.58. The summed E-state index contributed by atoms with van der Waals surface area (Å²) in [6, 6.07) is 11.2. The van der Waals surface area contributed by atoms with Crippen LogP contribution in [0.2, 0.25) is 0 Å². The molecular weight excluding hydrogens is 174 g/mol. The van der Waals surface area contributed by atoms with Crippen molar-refractivity contribution in [3.05, 3.63) is 35.9 Å². The Morgan fingerprint density at radius 3 is 2.79 bits per heavy atom. The van der Waals surface area contributed by atoms with Gasteiger partial charge in [0, 0.05) is 12.6 Å². The van der Waals surface area contributed by atoms with E-state index in [9.17, 15) is 0 Å². The van der Waals surface area contributed by atoms with E-state index in [1.54, 1.807) is 0 Å². The molecule has 1 unspecified atom stereocenters. The molecule has 1 atom stereocenters. The first-order valence-electron chi connectivity index (χ1n) is 5.22.